The van der Waals surface area contributed by atoms with Gasteiger partial charge in [-0.05, 0) is 42.0 Å². The molecule has 144 valence electrons. The van der Waals surface area contributed by atoms with Crippen LogP contribution in [-0.2, 0) is 6.54 Å². The molecule has 2 amide bonds. The zero-order chi connectivity index (χ0) is 20.2. The number of hydrogen-bond donors (Lipinski definition) is 2. The molecule has 0 saturated carbocycles. The molecule has 0 spiro atoms. The first-order valence-corrected chi connectivity index (χ1v) is 8.97. The van der Waals surface area contributed by atoms with Crippen molar-refractivity contribution in [2.75, 3.05) is 10.6 Å². The predicted octanol–water partition coefficient (Wildman–Crippen LogP) is 4.23. The summed E-state index contributed by atoms with van der Waals surface area (Å²) >= 11 is 0. The number of urea groups is 1. The summed E-state index contributed by atoms with van der Waals surface area (Å²) in [5, 5.41) is 6.03. The van der Waals surface area contributed by atoms with Crippen molar-refractivity contribution in [1.82, 2.24) is 9.55 Å². The van der Waals surface area contributed by atoms with Gasteiger partial charge in [0.25, 0.3) is 0 Å². The first kappa shape index (κ1) is 18.4. The summed E-state index contributed by atoms with van der Waals surface area (Å²) in [5.41, 5.74) is 1.34. The fraction of sp³-hybridized carbons (Fsp3) is 0.0455. The molecule has 1 aromatic heterocycles. The van der Waals surface area contributed by atoms with Crippen LogP contribution in [0.5, 0.6) is 0 Å². The second-order valence-corrected chi connectivity index (χ2v) is 6.42. The van der Waals surface area contributed by atoms with E-state index in [-0.39, 0.29) is 6.54 Å². The van der Waals surface area contributed by atoms with Gasteiger partial charge in [-0.2, -0.15) is 4.98 Å². The minimum absolute atomic E-state index is 0.254. The molecule has 0 radical (unpaired) electrons. The number of rotatable bonds is 4. The van der Waals surface area contributed by atoms with E-state index in [0.717, 1.165) is 5.56 Å². The van der Waals surface area contributed by atoms with E-state index < -0.39 is 17.5 Å². The highest BCUT2D eigenvalue weighted by Crippen LogP contribution is 2.21. The van der Waals surface area contributed by atoms with Gasteiger partial charge < -0.3 is 5.32 Å². The molecule has 0 aliphatic rings. The maximum absolute atomic E-state index is 13.1. The summed E-state index contributed by atoms with van der Waals surface area (Å²) in [7, 11) is 0. The predicted molar refractivity (Wildman–Crippen MR) is 111 cm³/mol. The Hall–Kier alpha value is -4.00. The molecule has 4 rings (SSSR count). The average Bonchev–Trinajstić information content (AvgIpc) is 2.73. The van der Waals surface area contributed by atoms with Crippen LogP contribution in [-0.4, -0.2) is 15.6 Å². The highest BCUT2D eigenvalue weighted by Gasteiger charge is 2.14. The topological polar surface area (TPSA) is 76.0 Å². The molecule has 4 aromatic rings. The standard InChI is InChI=1S/C22H17FN4O2/c23-16-10-12-17(13-11-16)24-21(28)26-20-18-8-4-5-9-19(18)25-22(29)27(20)14-15-6-2-1-3-7-15/h1-13H,14H2,(H2,24,26,28). The Bertz CT molecular complexity index is 1220. The normalized spacial score (nSPS) is 10.7. The van der Waals surface area contributed by atoms with Crippen LogP contribution in [0.3, 0.4) is 0 Å². The number of fused-ring (bicyclic) bond motifs is 1. The van der Waals surface area contributed by atoms with Gasteiger partial charge in [-0.15, -0.1) is 0 Å². The molecule has 0 bridgehead atoms. The molecule has 7 heteroatoms. The van der Waals surface area contributed by atoms with Gasteiger partial charge in [0, 0.05) is 11.1 Å². The number of para-hydroxylation sites is 1. The minimum Gasteiger partial charge on any atom is -0.308 e. The number of benzene rings is 3. The Morgan fingerprint density at radius 1 is 0.897 bits per heavy atom. The Kier molecular flexibility index (Phi) is 5.03. The fourth-order valence-corrected chi connectivity index (χ4v) is 3.03. The molecule has 0 atom stereocenters. The van der Waals surface area contributed by atoms with Gasteiger partial charge in [-0.25, -0.2) is 14.0 Å². The maximum atomic E-state index is 13.1. The SMILES string of the molecule is O=C(Nc1ccc(F)cc1)Nc1c2ccccc2nc(=O)n1Cc1ccccc1. The van der Waals surface area contributed by atoms with Crippen molar-refractivity contribution in [3.8, 4) is 0 Å². The number of anilines is 2. The van der Waals surface area contributed by atoms with Crippen molar-refractivity contribution in [3.63, 3.8) is 0 Å². The molecule has 6 nitrogen and oxygen atoms in total. The van der Waals surface area contributed by atoms with Crippen LogP contribution < -0.4 is 16.3 Å². The van der Waals surface area contributed by atoms with Crippen molar-refractivity contribution in [2.45, 2.75) is 6.54 Å². The number of aromatic nitrogens is 2. The summed E-state index contributed by atoms with van der Waals surface area (Å²) < 4.78 is 14.5. The van der Waals surface area contributed by atoms with Crippen LogP contribution in [0.2, 0.25) is 0 Å². The molecule has 2 N–H and O–H groups in total. The molecule has 29 heavy (non-hydrogen) atoms. The fourth-order valence-electron chi connectivity index (χ4n) is 3.03. The van der Waals surface area contributed by atoms with E-state index in [2.05, 4.69) is 15.6 Å². The lowest BCUT2D eigenvalue weighted by molar-refractivity contribution is 0.262. The monoisotopic (exact) mass is 388 g/mol. The second kappa shape index (κ2) is 7.93. The third kappa shape index (κ3) is 4.14. The van der Waals surface area contributed by atoms with Gasteiger partial charge in [0.1, 0.15) is 11.6 Å². The number of carbonyl (C=O) groups is 1. The Balaban J connectivity index is 1.72. The van der Waals surface area contributed by atoms with Gasteiger partial charge in [0.05, 0.1) is 12.1 Å². The average molecular weight is 388 g/mol. The van der Waals surface area contributed by atoms with Crippen LogP contribution in [0.1, 0.15) is 5.56 Å². The van der Waals surface area contributed by atoms with Crippen molar-refractivity contribution < 1.29 is 9.18 Å². The number of hydrogen-bond acceptors (Lipinski definition) is 3. The van der Waals surface area contributed by atoms with E-state index in [9.17, 15) is 14.0 Å². The van der Waals surface area contributed by atoms with E-state index in [4.69, 9.17) is 0 Å². The summed E-state index contributed by atoms with van der Waals surface area (Å²) in [6.07, 6.45) is 0. The lowest BCUT2D eigenvalue weighted by Crippen LogP contribution is -2.30. The quantitative estimate of drug-likeness (QED) is 0.549. The largest absolute Gasteiger partial charge is 0.350 e. The first-order chi connectivity index (χ1) is 14.1. The maximum Gasteiger partial charge on any atom is 0.350 e. The van der Waals surface area contributed by atoms with Crippen molar-refractivity contribution >= 4 is 28.4 Å². The first-order valence-electron chi connectivity index (χ1n) is 8.97. The van der Waals surface area contributed by atoms with E-state index in [1.165, 1.54) is 28.8 Å². The highest BCUT2D eigenvalue weighted by molar-refractivity contribution is 6.04. The van der Waals surface area contributed by atoms with Gasteiger partial charge >= 0.3 is 11.7 Å². The van der Waals surface area contributed by atoms with Gasteiger partial charge in [0.15, 0.2) is 0 Å². The zero-order valence-corrected chi connectivity index (χ0v) is 15.3. The summed E-state index contributed by atoms with van der Waals surface area (Å²) in [5.74, 6) is -0.0585. The number of nitrogens with one attached hydrogen (secondary N) is 2. The molecule has 0 fully saturated rings. The summed E-state index contributed by atoms with van der Waals surface area (Å²) in [6.45, 7) is 0.254. The molecular formula is C22H17FN4O2. The highest BCUT2D eigenvalue weighted by atomic mass is 19.1. The summed E-state index contributed by atoms with van der Waals surface area (Å²) in [4.78, 5) is 29.4. The van der Waals surface area contributed by atoms with Crippen molar-refractivity contribution in [3.05, 3.63) is 101 Å². The molecule has 0 aliphatic carbocycles. The van der Waals surface area contributed by atoms with E-state index in [1.54, 1.807) is 18.2 Å². The van der Waals surface area contributed by atoms with E-state index >= 15 is 0 Å². The van der Waals surface area contributed by atoms with Crippen LogP contribution >= 0.6 is 0 Å². The minimum atomic E-state index is -0.547. The van der Waals surface area contributed by atoms with E-state index in [0.29, 0.717) is 22.4 Å². The zero-order valence-electron chi connectivity index (χ0n) is 15.3. The third-order valence-corrected chi connectivity index (χ3v) is 4.39. The summed E-state index contributed by atoms with van der Waals surface area (Å²) in [6, 6.07) is 21.4. The van der Waals surface area contributed by atoms with Gasteiger partial charge in [0.2, 0.25) is 0 Å². The molecular weight excluding hydrogens is 371 g/mol. The Labute approximate surface area is 165 Å². The molecule has 0 unspecified atom stereocenters. The third-order valence-electron chi connectivity index (χ3n) is 4.39. The van der Waals surface area contributed by atoms with Gasteiger partial charge in [-0.1, -0.05) is 42.5 Å². The number of halogens is 1. The Morgan fingerprint density at radius 2 is 1.59 bits per heavy atom. The lowest BCUT2D eigenvalue weighted by atomic mass is 10.2. The second-order valence-electron chi connectivity index (χ2n) is 6.42. The van der Waals surface area contributed by atoms with Gasteiger partial charge in [-0.3, -0.25) is 9.88 Å². The van der Waals surface area contributed by atoms with E-state index in [1.807, 2.05) is 36.4 Å². The number of carbonyl (C=O) groups excluding carboxylic acids is 1. The van der Waals surface area contributed by atoms with Crippen LogP contribution in [0.25, 0.3) is 10.9 Å². The molecule has 0 saturated heterocycles. The molecule has 1 heterocycles. The van der Waals surface area contributed by atoms with Crippen LogP contribution in [0, 0.1) is 5.82 Å². The molecule has 0 aliphatic heterocycles. The number of amides is 2. The van der Waals surface area contributed by atoms with Crippen LogP contribution in [0.4, 0.5) is 20.7 Å². The van der Waals surface area contributed by atoms with Crippen LogP contribution in [0.15, 0.2) is 83.7 Å². The smallest absolute Gasteiger partial charge is 0.308 e. The lowest BCUT2D eigenvalue weighted by Gasteiger charge is -2.16. The molecule has 3 aromatic carbocycles. The van der Waals surface area contributed by atoms with Crippen molar-refractivity contribution in [2.24, 2.45) is 0 Å². The van der Waals surface area contributed by atoms with Crippen molar-refractivity contribution in [1.29, 1.82) is 0 Å². The number of nitrogens with zero attached hydrogens (tertiary/aromatic N) is 2. The Morgan fingerprint density at radius 3 is 2.34 bits per heavy atom.